The van der Waals surface area contributed by atoms with Gasteiger partial charge in [-0.1, -0.05) is 59.4 Å². The van der Waals surface area contributed by atoms with Crippen LogP contribution < -0.4 is 0 Å². The summed E-state index contributed by atoms with van der Waals surface area (Å²) in [6.45, 7) is 7.36. The summed E-state index contributed by atoms with van der Waals surface area (Å²) in [6.07, 6.45) is -9.92. The standard InChI is InChI=1S/C31H40N12O10/c1-14-15(2)24(39-43-35)30(50-23(14)13-47-17(4)44)52-27-21(38-42-34)11-20(37-41-33)26(48-18(5)45)28(27)53-31-25(16(3)22(49-31)12-36-40-32)51-29(46)19-9-7-6-8-10-19/h6-10,14-16,20-28,30-31H,11-13H2,1-5H3/t14-,15-,16-,20+,21?,22+,23?,24?,25?,26?,27+,28+,30+,31-/m0/s1. The van der Waals surface area contributed by atoms with Gasteiger partial charge >= 0.3 is 17.9 Å². The van der Waals surface area contributed by atoms with E-state index in [0.717, 1.165) is 6.92 Å². The second kappa shape index (κ2) is 19.0. The maximum atomic E-state index is 13.3. The predicted octanol–water partition coefficient (Wildman–Crippen LogP) is 5.59. The molecule has 0 amide bonds. The van der Waals surface area contributed by atoms with Crippen molar-refractivity contribution in [1.29, 1.82) is 0 Å². The zero-order valence-electron chi connectivity index (χ0n) is 29.5. The van der Waals surface area contributed by atoms with Crippen LogP contribution in [0.25, 0.3) is 41.8 Å². The third-order valence-corrected chi connectivity index (χ3v) is 9.61. The second-order valence-electron chi connectivity index (χ2n) is 12.9. The quantitative estimate of drug-likeness (QED) is 0.0748. The molecule has 4 rings (SSSR count). The fraction of sp³-hybridized carbons (Fsp3) is 0.710. The highest BCUT2D eigenvalue weighted by atomic mass is 16.7. The summed E-state index contributed by atoms with van der Waals surface area (Å²) in [7, 11) is 0. The molecule has 2 aliphatic heterocycles. The average molecular weight is 741 g/mol. The number of carbonyl (C=O) groups excluding carboxylic acids is 3. The Kier molecular flexibility index (Phi) is 14.5. The molecule has 0 radical (unpaired) electrons. The summed E-state index contributed by atoms with van der Waals surface area (Å²) < 4.78 is 42.2. The highest BCUT2D eigenvalue weighted by Crippen LogP contribution is 2.40. The lowest BCUT2D eigenvalue weighted by Gasteiger charge is -2.48. The van der Waals surface area contributed by atoms with Gasteiger partial charge in [-0.25, -0.2) is 4.79 Å². The Morgan fingerprint density at radius 2 is 1.34 bits per heavy atom. The number of hydrogen-bond donors (Lipinski definition) is 0. The Bertz CT molecular complexity index is 1660. The molecule has 22 heteroatoms. The molecule has 0 bridgehead atoms. The van der Waals surface area contributed by atoms with E-state index in [1.54, 1.807) is 44.2 Å². The van der Waals surface area contributed by atoms with Gasteiger partial charge in [0.15, 0.2) is 18.7 Å². The first-order valence-corrected chi connectivity index (χ1v) is 16.8. The highest BCUT2D eigenvalue weighted by molar-refractivity contribution is 5.89. The van der Waals surface area contributed by atoms with Crippen molar-refractivity contribution in [3.05, 3.63) is 77.7 Å². The van der Waals surface area contributed by atoms with Crippen molar-refractivity contribution >= 4 is 17.9 Å². The molecule has 2 heterocycles. The van der Waals surface area contributed by atoms with Gasteiger partial charge in [-0.2, -0.15) is 0 Å². The SMILES string of the molecule is CC(=O)OCC1O[C@H](O[C@@H]2C(N=[N+]=[N-])C[C@@H](N=[N+]=[N-])C(OC(C)=O)[C@H]2O[C@@H]2O[C@H](CN=[N+]=[N-])[C@H](C)C2OC(=O)c2ccccc2)C(N=[N+]=[N-])[C@@H](C)[C@@H]1C. The van der Waals surface area contributed by atoms with E-state index in [4.69, 9.17) is 38.7 Å². The van der Waals surface area contributed by atoms with E-state index in [1.807, 2.05) is 6.92 Å². The van der Waals surface area contributed by atoms with Crippen LogP contribution in [0.1, 0.15) is 51.4 Å². The van der Waals surface area contributed by atoms with Crippen LogP contribution in [0.5, 0.6) is 0 Å². The van der Waals surface area contributed by atoms with Gasteiger partial charge in [0.25, 0.3) is 0 Å². The summed E-state index contributed by atoms with van der Waals surface area (Å²) in [6, 6.07) is 4.82. The van der Waals surface area contributed by atoms with Gasteiger partial charge in [0, 0.05) is 39.4 Å². The molecule has 22 nitrogen and oxygen atoms in total. The van der Waals surface area contributed by atoms with E-state index in [2.05, 4.69) is 40.1 Å². The molecule has 5 unspecified atom stereocenters. The Morgan fingerprint density at radius 3 is 1.94 bits per heavy atom. The molecule has 3 fully saturated rings. The van der Waals surface area contributed by atoms with Crippen LogP contribution in [0.2, 0.25) is 0 Å². The van der Waals surface area contributed by atoms with E-state index in [9.17, 15) is 31.0 Å². The average Bonchev–Trinajstić information content (AvgIpc) is 3.41. The normalized spacial score (nSPS) is 34.8. The molecule has 284 valence electrons. The lowest BCUT2D eigenvalue weighted by molar-refractivity contribution is -0.299. The van der Waals surface area contributed by atoms with Gasteiger partial charge in [-0.05, 0) is 52.5 Å². The van der Waals surface area contributed by atoms with Crippen molar-refractivity contribution in [2.45, 2.75) is 108 Å². The zero-order chi connectivity index (χ0) is 38.7. The molecular formula is C31H40N12O10. The van der Waals surface area contributed by atoms with Crippen molar-refractivity contribution in [1.82, 2.24) is 0 Å². The lowest BCUT2D eigenvalue weighted by atomic mass is 9.81. The summed E-state index contributed by atoms with van der Waals surface area (Å²) in [5, 5.41) is 15.3. The van der Waals surface area contributed by atoms with E-state index < -0.39 is 97.1 Å². The van der Waals surface area contributed by atoms with Gasteiger partial charge in [0.2, 0.25) is 0 Å². The van der Waals surface area contributed by atoms with Gasteiger partial charge in [0.1, 0.15) is 18.8 Å². The number of azide groups is 4. The number of nitrogens with zero attached hydrogens (tertiary/aromatic N) is 12. The van der Waals surface area contributed by atoms with Gasteiger partial charge in [-0.3, -0.25) is 9.59 Å². The van der Waals surface area contributed by atoms with Crippen LogP contribution in [0, 0.1) is 17.8 Å². The molecule has 0 spiro atoms. The molecule has 1 aliphatic carbocycles. The maximum Gasteiger partial charge on any atom is 0.338 e. The fourth-order valence-corrected chi connectivity index (χ4v) is 6.66. The molecule has 0 aromatic heterocycles. The molecule has 3 aliphatic rings. The summed E-state index contributed by atoms with van der Waals surface area (Å²) in [4.78, 5) is 49.1. The number of esters is 3. The first kappa shape index (κ1) is 40.5. The number of ether oxygens (including phenoxy) is 7. The van der Waals surface area contributed by atoms with Gasteiger partial charge in [0.05, 0.1) is 48.5 Å². The second-order valence-corrected chi connectivity index (χ2v) is 12.9. The summed E-state index contributed by atoms with van der Waals surface area (Å²) in [5.41, 5.74) is 37.8. The molecule has 0 N–H and O–H groups in total. The molecule has 1 aromatic carbocycles. The lowest BCUT2D eigenvalue weighted by Crippen LogP contribution is -2.62. The minimum Gasteiger partial charge on any atom is -0.463 e. The van der Waals surface area contributed by atoms with E-state index in [-0.39, 0.29) is 31.1 Å². The fourth-order valence-electron chi connectivity index (χ4n) is 6.66. The number of hydrogen-bond acceptors (Lipinski definition) is 14. The van der Waals surface area contributed by atoms with Crippen molar-refractivity contribution in [2.24, 2.45) is 38.2 Å². The minimum absolute atomic E-state index is 0.155. The number of carbonyl (C=O) groups is 3. The molecule has 1 aromatic rings. The van der Waals surface area contributed by atoms with Crippen LogP contribution in [-0.2, 0) is 42.7 Å². The van der Waals surface area contributed by atoms with E-state index >= 15 is 0 Å². The third kappa shape index (κ3) is 9.98. The maximum absolute atomic E-state index is 13.3. The van der Waals surface area contributed by atoms with Crippen LogP contribution in [0.4, 0.5) is 0 Å². The predicted molar refractivity (Wildman–Crippen MR) is 180 cm³/mol. The monoisotopic (exact) mass is 740 g/mol. The summed E-state index contributed by atoms with van der Waals surface area (Å²) in [5.74, 6) is -3.36. The Morgan fingerprint density at radius 1 is 0.717 bits per heavy atom. The molecule has 2 saturated heterocycles. The first-order chi connectivity index (χ1) is 25.4. The van der Waals surface area contributed by atoms with Crippen LogP contribution in [0.15, 0.2) is 50.8 Å². The first-order valence-electron chi connectivity index (χ1n) is 16.8. The van der Waals surface area contributed by atoms with Crippen LogP contribution >= 0.6 is 0 Å². The third-order valence-electron chi connectivity index (χ3n) is 9.61. The van der Waals surface area contributed by atoms with Crippen molar-refractivity contribution in [2.75, 3.05) is 13.2 Å². The summed E-state index contributed by atoms with van der Waals surface area (Å²) >= 11 is 0. The topological polar surface area (TPSA) is 311 Å². The Hall–Kier alpha value is -5.29. The van der Waals surface area contributed by atoms with Crippen molar-refractivity contribution in [3.8, 4) is 0 Å². The molecule has 14 atom stereocenters. The molecule has 1 saturated carbocycles. The van der Waals surface area contributed by atoms with Gasteiger partial charge < -0.3 is 33.2 Å². The molecule has 53 heavy (non-hydrogen) atoms. The van der Waals surface area contributed by atoms with E-state index in [0.29, 0.717) is 0 Å². The number of benzene rings is 1. The largest absolute Gasteiger partial charge is 0.463 e. The Balaban J connectivity index is 1.80. The van der Waals surface area contributed by atoms with Crippen molar-refractivity contribution in [3.63, 3.8) is 0 Å². The smallest absolute Gasteiger partial charge is 0.338 e. The van der Waals surface area contributed by atoms with Gasteiger partial charge in [-0.15, -0.1) is 0 Å². The highest BCUT2D eigenvalue weighted by Gasteiger charge is 2.55. The van der Waals surface area contributed by atoms with Crippen LogP contribution in [0.3, 0.4) is 0 Å². The van der Waals surface area contributed by atoms with Crippen LogP contribution in [-0.4, -0.2) is 98.4 Å². The minimum atomic E-state index is -1.48. The van der Waals surface area contributed by atoms with E-state index in [1.165, 1.54) is 6.92 Å². The Labute approximate surface area is 302 Å². The number of rotatable bonds is 14. The zero-order valence-corrected chi connectivity index (χ0v) is 29.5. The molecular weight excluding hydrogens is 700 g/mol. The van der Waals surface area contributed by atoms with Crippen molar-refractivity contribution < 1.29 is 47.5 Å².